The molecule has 2 aromatic carbocycles. The van der Waals surface area contributed by atoms with Gasteiger partial charge in [0.2, 0.25) is 0 Å². The van der Waals surface area contributed by atoms with E-state index >= 15 is 0 Å². The third kappa shape index (κ3) is 3.32. The summed E-state index contributed by atoms with van der Waals surface area (Å²) in [6.07, 6.45) is 2.55. The van der Waals surface area contributed by atoms with E-state index in [1.165, 1.54) is 0 Å². The number of phenolic OH excluding ortho intramolecular Hbond substituents is 1. The van der Waals surface area contributed by atoms with Crippen molar-refractivity contribution in [2.45, 2.75) is 66.4 Å². The first-order chi connectivity index (χ1) is 20.1. The van der Waals surface area contributed by atoms with Crippen molar-refractivity contribution in [3.8, 4) is 5.75 Å². The summed E-state index contributed by atoms with van der Waals surface area (Å²) in [6, 6.07) is 11.5. The van der Waals surface area contributed by atoms with Gasteiger partial charge in [0.05, 0.1) is 11.5 Å². The maximum atomic E-state index is 14.7. The molecule has 7 nitrogen and oxygen atoms in total. The summed E-state index contributed by atoms with van der Waals surface area (Å²) in [6.45, 7) is 11.8. The number of ketones is 5. The number of fused-ring (bicyclic) bond motifs is 4. The lowest BCUT2D eigenvalue weighted by Gasteiger charge is -2.66. The van der Waals surface area contributed by atoms with E-state index in [1.54, 1.807) is 27.7 Å². The van der Waals surface area contributed by atoms with Crippen molar-refractivity contribution in [3.63, 3.8) is 0 Å². The SMILES string of the molecule is CC(=O)C1C(=O)C(C(C)C)[C@@]2(C)[C@H](C)[C@]3(C)C(C(=O)c4c(ccc(C5=Cc6ccccc6C5)c4O)[C@H]3C)C(=O)[C@@]2(O)C1=O. The predicted octanol–water partition coefficient (Wildman–Crippen LogP) is 5.00. The Morgan fingerprint density at radius 2 is 1.63 bits per heavy atom. The maximum absolute atomic E-state index is 14.7. The minimum Gasteiger partial charge on any atom is -0.507 e. The second-order valence-electron chi connectivity index (χ2n) is 14.0. The Morgan fingerprint density at radius 3 is 2.23 bits per heavy atom. The van der Waals surface area contributed by atoms with Crippen molar-refractivity contribution in [1.29, 1.82) is 0 Å². The monoisotopic (exact) mass is 582 g/mol. The van der Waals surface area contributed by atoms with Crippen molar-refractivity contribution in [1.82, 2.24) is 0 Å². The van der Waals surface area contributed by atoms with E-state index in [0.717, 1.165) is 23.6 Å². The molecule has 2 fully saturated rings. The van der Waals surface area contributed by atoms with Crippen LogP contribution < -0.4 is 0 Å². The van der Waals surface area contributed by atoms with E-state index in [-0.39, 0.29) is 11.3 Å². The van der Waals surface area contributed by atoms with Gasteiger partial charge in [0, 0.05) is 16.9 Å². The summed E-state index contributed by atoms with van der Waals surface area (Å²) >= 11 is 0. The summed E-state index contributed by atoms with van der Waals surface area (Å²) in [7, 11) is 0. The van der Waals surface area contributed by atoms with Gasteiger partial charge in [0.1, 0.15) is 17.5 Å². The summed E-state index contributed by atoms with van der Waals surface area (Å²) in [5.41, 5.74) is -1.32. The number of phenols is 1. The Morgan fingerprint density at radius 1 is 0.977 bits per heavy atom. The topological polar surface area (TPSA) is 126 Å². The van der Waals surface area contributed by atoms with Crippen molar-refractivity contribution < 1.29 is 34.2 Å². The zero-order chi connectivity index (χ0) is 31.5. The molecule has 8 atom stereocenters. The van der Waals surface area contributed by atoms with E-state index in [4.69, 9.17) is 0 Å². The molecule has 0 amide bonds. The molecule has 2 N–H and O–H groups in total. The normalized spacial score (nSPS) is 36.6. The van der Waals surface area contributed by atoms with E-state index in [1.807, 2.05) is 56.3 Å². The van der Waals surface area contributed by atoms with Crippen molar-refractivity contribution in [3.05, 3.63) is 64.2 Å². The molecule has 2 aromatic rings. The van der Waals surface area contributed by atoms with Crippen LogP contribution in [0.25, 0.3) is 11.6 Å². The lowest BCUT2D eigenvalue weighted by atomic mass is 9.35. The van der Waals surface area contributed by atoms with Crippen molar-refractivity contribution >= 4 is 40.6 Å². The number of Topliss-reactive ketones (excluding diaryl/α,β-unsaturated/α-hetero) is 5. The van der Waals surface area contributed by atoms with E-state index in [9.17, 15) is 34.2 Å². The molecule has 0 aromatic heterocycles. The number of rotatable bonds is 3. The number of carbonyl (C=O) groups is 5. The largest absolute Gasteiger partial charge is 0.507 e. The Kier molecular flexibility index (Phi) is 6.25. The molecular weight excluding hydrogens is 544 g/mol. The number of allylic oxidation sites excluding steroid dienone is 1. The van der Waals surface area contributed by atoms with Crippen molar-refractivity contribution in [2.75, 3.05) is 0 Å². The van der Waals surface area contributed by atoms with E-state index in [0.29, 0.717) is 17.5 Å². The fraction of sp³-hybridized carbons (Fsp3) is 0.472. The summed E-state index contributed by atoms with van der Waals surface area (Å²) < 4.78 is 0. The highest BCUT2D eigenvalue weighted by atomic mass is 16.3. The van der Waals surface area contributed by atoms with Crippen LogP contribution in [0.5, 0.6) is 5.75 Å². The molecule has 4 aliphatic carbocycles. The van der Waals surface area contributed by atoms with Gasteiger partial charge < -0.3 is 10.2 Å². The quantitative estimate of drug-likeness (QED) is 0.488. The van der Waals surface area contributed by atoms with Crippen LogP contribution in [-0.4, -0.2) is 44.7 Å². The summed E-state index contributed by atoms with van der Waals surface area (Å²) in [5, 5.41) is 24.0. The molecule has 3 unspecified atom stereocenters. The Bertz CT molecular complexity index is 1700. The molecule has 0 saturated heterocycles. The lowest BCUT2D eigenvalue weighted by Crippen LogP contribution is -2.79. The van der Waals surface area contributed by atoms with Crippen LogP contribution in [0, 0.1) is 40.4 Å². The maximum Gasteiger partial charge on any atom is 0.190 e. The van der Waals surface area contributed by atoms with Crippen LogP contribution in [0.1, 0.15) is 87.0 Å². The van der Waals surface area contributed by atoms with Gasteiger partial charge in [-0.25, -0.2) is 0 Å². The number of benzene rings is 2. The number of hydrogen-bond acceptors (Lipinski definition) is 7. The van der Waals surface area contributed by atoms with Gasteiger partial charge in [-0.05, 0) is 58.8 Å². The minimum atomic E-state index is -2.73. The van der Waals surface area contributed by atoms with Gasteiger partial charge in [-0.15, -0.1) is 0 Å². The molecule has 4 aliphatic rings. The number of aliphatic hydroxyl groups is 1. The third-order valence-electron chi connectivity index (χ3n) is 12.0. The molecule has 0 heterocycles. The second kappa shape index (κ2) is 9.15. The van der Waals surface area contributed by atoms with Crippen LogP contribution in [0.4, 0.5) is 0 Å². The average molecular weight is 583 g/mol. The van der Waals surface area contributed by atoms with Gasteiger partial charge in [-0.2, -0.15) is 0 Å². The number of aromatic hydroxyl groups is 1. The highest BCUT2D eigenvalue weighted by Gasteiger charge is 2.79. The van der Waals surface area contributed by atoms with Gasteiger partial charge in [-0.3, -0.25) is 24.0 Å². The first-order valence-electron chi connectivity index (χ1n) is 15.1. The molecule has 6 rings (SSSR count). The zero-order valence-electron chi connectivity index (χ0n) is 25.6. The zero-order valence-corrected chi connectivity index (χ0v) is 25.6. The van der Waals surface area contributed by atoms with Crippen LogP contribution in [0.15, 0.2) is 36.4 Å². The van der Waals surface area contributed by atoms with Crippen LogP contribution in [-0.2, 0) is 25.6 Å². The minimum absolute atomic E-state index is 0.0277. The number of hydrogen-bond donors (Lipinski definition) is 2. The molecule has 43 heavy (non-hydrogen) atoms. The Labute approximate surface area is 251 Å². The van der Waals surface area contributed by atoms with Gasteiger partial charge in [-0.1, -0.05) is 84.0 Å². The van der Waals surface area contributed by atoms with Crippen LogP contribution in [0.3, 0.4) is 0 Å². The molecule has 224 valence electrons. The smallest absolute Gasteiger partial charge is 0.190 e. The van der Waals surface area contributed by atoms with Crippen LogP contribution in [0.2, 0.25) is 0 Å². The average Bonchev–Trinajstić information content (AvgIpc) is 3.37. The number of carbonyl (C=O) groups excluding carboxylic acids is 5. The summed E-state index contributed by atoms with van der Waals surface area (Å²) in [5.74, 6) is -10.0. The molecule has 2 saturated carbocycles. The molecule has 0 radical (unpaired) electrons. The van der Waals surface area contributed by atoms with Gasteiger partial charge in [0.25, 0.3) is 0 Å². The fourth-order valence-electron chi connectivity index (χ4n) is 9.51. The highest BCUT2D eigenvalue weighted by molar-refractivity contribution is 6.32. The fourth-order valence-corrected chi connectivity index (χ4v) is 9.51. The first kappa shape index (κ1) is 29.4. The predicted molar refractivity (Wildman–Crippen MR) is 160 cm³/mol. The van der Waals surface area contributed by atoms with E-state index < -0.39 is 80.9 Å². The standard InChI is InChI=1S/C36H38O7/c1-16(2)27-30(39)25(18(4)37)32(41)36(43)33(42)28-31(40)26-23(17(3)34(28,6)19(5)35(27,36)7)12-13-24(29(26)38)22-14-20-10-8-9-11-21(20)15-22/h8-14,16-17,19,25,27-28,38,43H,15H2,1-7H3/t17-,19-,25?,27?,28?,34-,35-,36+/m1/s1. The van der Waals surface area contributed by atoms with Crippen molar-refractivity contribution in [2.24, 2.45) is 40.4 Å². The first-order valence-corrected chi connectivity index (χ1v) is 15.1. The third-order valence-corrected chi connectivity index (χ3v) is 12.0. The molecule has 7 heteroatoms. The van der Waals surface area contributed by atoms with Crippen LogP contribution >= 0.6 is 0 Å². The van der Waals surface area contributed by atoms with Gasteiger partial charge in [0.15, 0.2) is 28.7 Å². The molecular formula is C36H38O7. The second-order valence-corrected chi connectivity index (χ2v) is 14.0. The molecule has 0 spiro atoms. The van der Waals surface area contributed by atoms with Gasteiger partial charge >= 0.3 is 0 Å². The Balaban J connectivity index is 1.56. The highest BCUT2D eigenvalue weighted by Crippen LogP contribution is 2.69. The lowest BCUT2D eigenvalue weighted by molar-refractivity contribution is -0.222. The molecule has 0 bridgehead atoms. The molecule has 0 aliphatic heterocycles. The summed E-state index contributed by atoms with van der Waals surface area (Å²) in [4.78, 5) is 69.7. The van der Waals surface area contributed by atoms with E-state index in [2.05, 4.69) is 0 Å². The Hall–Kier alpha value is -3.71.